The first-order chi connectivity index (χ1) is 11.1. The lowest BCUT2D eigenvalue weighted by molar-refractivity contribution is 0.0529. The summed E-state index contributed by atoms with van der Waals surface area (Å²) < 4.78 is 5.60. The number of nitrogens with one attached hydrogen (secondary N) is 1. The Morgan fingerprint density at radius 2 is 2.35 bits per heavy atom. The van der Waals surface area contributed by atoms with Gasteiger partial charge in [-0.05, 0) is 38.5 Å². The van der Waals surface area contributed by atoms with Crippen molar-refractivity contribution in [2.24, 2.45) is 0 Å². The second-order valence-corrected chi connectivity index (χ2v) is 7.30. The van der Waals surface area contributed by atoms with Crippen LogP contribution in [0.1, 0.15) is 35.3 Å². The van der Waals surface area contributed by atoms with Crippen molar-refractivity contribution < 1.29 is 4.74 Å². The van der Waals surface area contributed by atoms with Gasteiger partial charge in [-0.25, -0.2) is 9.97 Å². The van der Waals surface area contributed by atoms with Gasteiger partial charge in [-0.2, -0.15) is 0 Å². The van der Waals surface area contributed by atoms with Gasteiger partial charge in [0.15, 0.2) is 0 Å². The first-order valence-corrected chi connectivity index (χ1v) is 8.90. The fourth-order valence-electron chi connectivity index (χ4n) is 2.72. The molecule has 1 fully saturated rings. The molecule has 124 valence electrons. The van der Waals surface area contributed by atoms with Crippen LogP contribution in [0.5, 0.6) is 0 Å². The molecule has 0 saturated carbocycles. The molecule has 1 aliphatic heterocycles. The van der Waals surface area contributed by atoms with Crippen LogP contribution < -0.4 is 10.2 Å². The lowest BCUT2D eigenvalue weighted by atomic mass is 10.2. The number of nitrogens with zero attached hydrogens (tertiary/aromatic N) is 3. The minimum atomic E-state index is 0.266. The predicted molar refractivity (Wildman–Crippen MR) is 94.0 cm³/mol. The van der Waals surface area contributed by atoms with Crippen LogP contribution in [0, 0.1) is 6.92 Å². The van der Waals surface area contributed by atoms with Gasteiger partial charge < -0.3 is 15.0 Å². The average Bonchev–Trinajstić information content (AvgIpc) is 2.99. The number of ether oxygens (including phenoxy) is 1. The van der Waals surface area contributed by atoms with E-state index in [1.807, 2.05) is 19.3 Å². The lowest BCUT2D eigenvalue weighted by Gasteiger charge is -2.32. The highest BCUT2D eigenvalue weighted by Crippen LogP contribution is 2.21. The van der Waals surface area contributed by atoms with Crippen LogP contribution in [0.15, 0.2) is 24.5 Å². The third kappa shape index (κ3) is 4.28. The van der Waals surface area contributed by atoms with Crippen molar-refractivity contribution in [3.8, 4) is 0 Å². The van der Waals surface area contributed by atoms with E-state index in [0.717, 1.165) is 37.1 Å². The highest BCUT2D eigenvalue weighted by molar-refractivity contribution is 7.11. The van der Waals surface area contributed by atoms with Gasteiger partial charge in [0, 0.05) is 42.9 Å². The molecule has 6 heteroatoms. The molecule has 1 aliphatic rings. The SMILES string of the molecule is Cc1ncc([C@@H](C)NCc2ccnc(N3CCO[C@H](C)C3)c2)s1. The normalized spacial score (nSPS) is 19.8. The number of rotatable bonds is 5. The van der Waals surface area contributed by atoms with Crippen LogP contribution in [-0.2, 0) is 11.3 Å². The highest BCUT2D eigenvalue weighted by Gasteiger charge is 2.18. The minimum Gasteiger partial charge on any atom is -0.375 e. The van der Waals surface area contributed by atoms with Gasteiger partial charge in [0.05, 0.1) is 17.7 Å². The zero-order chi connectivity index (χ0) is 16.2. The number of hydrogen-bond donors (Lipinski definition) is 1. The summed E-state index contributed by atoms with van der Waals surface area (Å²) >= 11 is 1.75. The van der Waals surface area contributed by atoms with E-state index in [1.165, 1.54) is 10.4 Å². The molecule has 0 bridgehead atoms. The van der Waals surface area contributed by atoms with E-state index in [0.29, 0.717) is 6.04 Å². The summed E-state index contributed by atoms with van der Waals surface area (Å²) in [6.45, 7) is 9.74. The molecule has 23 heavy (non-hydrogen) atoms. The number of hydrogen-bond acceptors (Lipinski definition) is 6. The summed E-state index contributed by atoms with van der Waals surface area (Å²) in [5.41, 5.74) is 1.25. The molecule has 0 aromatic carbocycles. The van der Waals surface area contributed by atoms with E-state index in [1.54, 1.807) is 11.3 Å². The number of morpholine rings is 1. The predicted octanol–water partition coefficient (Wildman–Crippen LogP) is 2.92. The largest absolute Gasteiger partial charge is 0.375 e. The summed E-state index contributed by atoms with van der Waals surface area (Å²) in [6, 6.07) is 4.56. The van der Waals surface area contributed by atoms with Gasteiger partial charge >= 0.3 is 0 Å². The van der Waals surface area contributed by atoms with Crippen molar-refractivity contribution >= 4 is 17.2 Å². The first kappa shape index (κ1) is 16.4. The van der Waals surface area contributed by atoms with Gasteiger partial charge in [-0.1, -0.05) is 0 Å². The van der Waals surface area contributed by atoms with Gasteiger partial charge in [0.25, 0.3) is 0 Å². The third-order valence-corrected chi connectivity index (χ3v) is 5.15. The second-order valence-electron chi connectivity index (χ2n) is 6.03. The molecule has 1 N–H and O–H groups in total. The van der Waals surface area contributed by atoms with Crippen molar-refractivity contribution in [1.82, 2.24) is 15.3 Å². The topological polar surface area (TPSA) is 50.3 Å². The summed E-state index contributed by atoms with van der Waals surface area (Å²) in [7, 11) is 0. The monoisotopic (exact) mass is 332 g/mol. The Hall–Kier alpha value is -1.50. The molecule has 0 aliphatic carbocycles. The van der Waals surface area contributed by atoms with E-state index in [4.69, 9.17) is 4.74 Å². The summed E-state index contributed by atoms with van der Waals surface area (Å²) in [4.78, 5) is 12.4. The lowest BCUT2D eigenvalue weighted by Crippen LogP contribution is -2.41. The van der Waals surface area contributed by atoms with Gasteiger partial charge in [-0.15, -0.1) is 11.3 Å². The molecule has 2 atom stereocenters. The van der Waals surface area contributed by atoms with E-state index in [9.17, 15) is 0 Å². The van der Waals surface area contributed by atoms with Crippen LogP contribution in [-0.4, -0.2) is 35.8 Å². The van der Waals surface area contributed by atoms with Gasteiger partial charge in [0.2, 0.25) is 0 Å². The molecule has 2 aromatic rings. The van der Waals surface area contributed by atoms with Gasteiger partial charge in [-0.3, -0.25) is 0 Å². The van der Waals surface area contributed by atoms with Crippen LogP contribution in [0.4, 0.5) is 5.82 Å². The third-order valence-electron chi connectivity index (χ3n) is 4.05. The Morgan fingerprint density at radius 1 is 1.48 bits per heavy atom. The molecule has 0 unspecified atom stereocenters. The second kappa shape index (κ2) is 7.38. The van der Waals surface area contributed by atoms with Crippen molar-refractivity contribution in [3.63, 3.8) is 0 Å². The zero-order valence-electron chi connectivity index (χ0n) is 14.0. The minimum absolute atomic E-state index is 0.266. The maximum atomic E-state index is 5.60. The number of aromatic nitrogens is 2. The Balaban J connectivity index is 1.61. The average molecular weight is 332 g/mol. The number of thiazole rings is 1. The maximum Gasteiger partial charge on any atom is 0.128 e. The Kier molecular flexibility index (Phi) is 5.25. The van der Waals surface area contributed by atoms with E-state index in [-0.39, 0.29) is 6.10 Å². The molecular weight excluding hydrogens is 308 g/mol. The molecular formula is C17H24N4OS. The number of aryl methyl sites for hydroxylation is 1. The Labute approximate surface area is 141 Å². The van der Waals surface area contributed by atoms with E-state index < -0.39 is 0 Å². The first-order valence-electron chi connectivity index (χ1n) is 8.09. The highest BCUT2D eigenvalue weighted by atomic mass is 32.1. The van der Waals surface area contributed by atoms with Crippen molar-refractivity contribution in [3.05, 3.63) is 40.0 Å². The molecule has 3 heterocycles. The van der Waals surface area contributed by atoms with Gasteiger partial charge in [0.1, 0.15) is 5.82 Å². The number of pyridine rings is 1. The molecule has 5 nitrogen and oxygen atoms in total. The van der Waals surface area contributed by atoms with Crippen molar-refractivity contribution in [1.29, 1.82) is 0 Å². The zero-order valence-corrected chi connectivity index (χ0v) is 14.8. The van der Waals surface area contributed by atoms with Crippen LogP contribution >= 0.6 is 11.3 Å². The molecule has 1 saturated heterocycles. The summed E-state index contributed by atoms with van der Waals surface area (Å²) in [5, 5.41) is 4.68. The Bertz CT molecular complexity index is 645. The smallest absolute Gasteiger partial charge is 0.128 e. The quantitative estimate of drug-likeness (QED) is 0.912. The van der Waals surface area contributed by atoms with E-state index in [2.05, 4.69) is 46.2 Å². The molecule has 0 amide bonds. The maximum absolute atomic E-state index is 5.60. The molecule has 0 spiro atoms. The van der Waals surface area contributed by atoms with Crippen molar-refractivity contribution in [2.75, 3.05) is 24.6 Å². The Morgan fingerprint density at radius 3 is 3.09 bits per heavy atom. The molecule has 0 radical (unpaired) electrons. The van der Waals surface area contributed by atoms with Crippen LogP contribution in [0.25, 0.3) is 0 Å². The standard InChI is InChI=1S/C17H24N4OS/c1-12-11-21(6-7-22-12)17-8-15(4-5-18-17)9-19-13(2)16-10-20-14(3)23-16/h4-5,8,10,12-13,19H,6-7,9,11H2,1-3H3/t12-,13-/m1/s1. The fraction of sp³-hybridized carbons (Fsp3) is 0.529. The van der Waals surface area contributed by atoms with E-state index >= 15 is 0 Å². The fourth-order valence-corrected chi connectivity index (χ4v) is 3.53. The summed E-state index contributed by atoms with van der Waals surface area (Å²) in [5.74, 6) is 1.04. The van der Waals surface area contributed by atoms with Crippen LogP contribution in [0.3, 0.4) is 0 Å². The molecule has 2 aromatic heterocycles. The number of anilines is 1. The van der Waals surface area contributed by atoms with Crippen LogP contribution in [0.2, 0.25) is 0 Å². The summed E-state index contributed by atoms with van der Waals surface area (Å²) in [6.07, 6.45) is 4.13. The van der Waals surface area contributed by atoms with Crippen molar-refractivity contribution in [2.45, 2.75) is 39.5 Å². The molecule has 3 rings (SSSR count).